The van der Waals surface area contributed by atoms with Crippen LogP contribution in [0, 0.1) is 11.8 Å². The molecule has 0 aromatic carbocycles. The van der Waals surface area contributed by atoms with E-state index in [2.05, 4.69) is 0 Å². The van der Waals surface area contributed by atoms with Crippen LogP contribution in [-0.4, -0.2) is 85.6 Å². The number of hydrogen-bond acceptors (Lipinski definition) is 8. The topological polar surface area (TPSA) is 165 Å². The summed E-state index contributed by atoms with van der Waals surface area (Å²) in [5.41, 5.74) is 0. The molecular formula is C12H23O8-. The molecular weight excluding hydrogens is 272 g/mol. The summed E-state index contributed by atoms with van der Waals surface area (Å²) in [6.45, 7) is -1.19. The third-order valence-electron chi connectivity index (χ3n) is 4.03. The summed E-state index contributed by atoms with van der Waals surface area (Å²) in [5.74, 6) is -1.11. The standard InChI is InChI=1S/C12H23O8/c13-3-6-5(1-7(15)10(6)18)2-8(16)11(19)12(20)9(17)4-14/h5-18,20H,1-4H2/q-1/t5-,6-,7+,8-,9+,10+,11+,12+/m0/s1. The Bertz CT molecular complexity index is 289. The van der Waals surface area contributed by atoms with Gasteiger partial charge in [-0.2, -0.15) is 0 Å². The van der Waals surface area contributed by atoms with Gasteiger partial charge in [-0.05, 0) is 18.8 Å². The predicted molar refractivity (Wildman–Crippen MR) is 64.2 cm³/mol. The summed E-state index contributed by atoms with van der Waals surface area (Å²) < 4.78 is 0. The van der Waals surface area contributed by atoms with Gasteiger partial charge in [0.05, 0.1) is 24.9 Å². The van der Waals surface area contributed by atoms with Crippen molar-refractivity contribution in [1.82, 2.24) is 0 Å². The maximum Gasteiger partial charge on any atom is 0.102 e. The summed E-state index contributed by atoms with van der Waals surface area (Å²) in [7, 11) is 0. The lowest BCUT2D eigenvalue weighted by molar-refractivity contribution is -0.460. The summed E-state index contributed by atoms with van der Waals surface area (Å²) in [6.07, 6.45) is -9.04. The fourth-order valence-electron chi connectivity index (χ4n) is 2.72. The van der Waals surface area contributed by atoms with E-state index in [0.717, 1.165) is 0 Å². The maximum atomic E-state index is 11.7. The van der Waals surface area contributed by atoms with Crippen LogP contribution in [0.25, 0.3) is 0 Å². The second-order valence-electron chi connectivity index (χ2n) is 5.41. The van der Waals surface area contributed by atoms with E-state index in [0.29, 0.717) is 0 Å². The molecule has 0 amide bonds. The van der Waals surface area contributed by atoms with Gasteiger partial charge in [0.25, 0.3) is 0 Å². The quantitative estimate of drug-likeness (QED) is 0.247. The van der Waals surface area contributed by atoms with E-state index in [1.54, 1.807) is 0 Å². The Labute approximate surface area is 116 Å². The third kappa shape index (κ3) is 3.86. The third-order valence-corrected chi connectivity index (χ3v) is 4.03. The molecule has 0 heterocycles. The molecule has 0 aliphatic heterocycles. The van der Waals surface area contributed by atoms with Gasteiger partial charge in [-0.15, -0.1) is 0 Å². The molecule has 0 aromatic heterocycles. The lowest BCUT2D eigenvalue weighted by Crippen LogP contribution is -2.54. The molecule has 20 heavy (non-hydrogen) atoms. The minimum absolute atomic E-state index is 0.122. The highest BCUT2D eigenvalue weighted by molar-refractivity contribution is 4.93. The highest BCUT2D eigenvalue weighted by Crippen LogP contribution is 2.35. The molecule has 1 saturated carbocycles. The van der Waals surface area contributed by atoms with Crippen LogP contribution in [0.4, 0.5) is 0 Å². The highest BCUT2D eigenvalue weighted by atomic mass is 16.4. The zero-order valence-electron chi connectivity index (χ0n) is 11.0. The number of aliphatic hydroxyl groups is 7. The fourth-order valence-corrected chi connectivity index (χ4v) is 2.72. The van der Waals surface area contributed by atoms with Crippen LogP contribution in [-0.2, 0) is 0 Å². The molecule has 0 bridgehead atoms. The SMILES string of the molecule is [O-][C@@H]([C@H](O)[C@H](O)CO)[C@@H](O)C[C@@H]1C[C@@H](O)[C@H](O)[C@H]1CO. The Morgan fingerprint density at radius 2 is 1.65 bits per heavy atom. The van der Waals surface area contributed by atoms with Gasteiger partial charge in [0.1, 0.15) is 6.10 Å². The molecule has 8 heteroatoms. The number of rotatable bonds is 7. The zero-order valence-corrected chi connectivity index (χ0v) is 11.0. The average molecular weight is 295 g/mol. The minimum atomic E-state index is -1.92. The van der Waals surface area contributed by atoms with Crippen LogP contribution in [0.15, 0.2) is 0 Å². The summed E-state index contributed by atoms with van der Waals surface area (Å²) in [4.78, 5) is 0. The van der Waals surface area contributed by atoms with Crippen LogP contribution in [0.1, 0.15) is 12.8 Å². The first-order valence-corrected chi connectivity index (χ1v) is 6.61. The molecule has 1 fully saturated rings. The van der Waals surface area contributed by atoms with Gasteiger partial charge in [0.2, 0.25) is 0 Å². The first-order chi connectivity index (χ1) is 9.33. The molecule has 1 aliphatic carbocycles. The lowest BCUT2D eigenvalue weighted by Gasteiger charge is -2.36. The van der Waals surface area contributed by atoms with Gasteiger partial charge in [0, 0.05) is 18.6 Å². The highest BCUT2D eigenvalue weighted by Gasteiger charge is 2.42. The predicted octanol–water partition coefficient (Wildman–Crippen LogP) is -4.47. The van der Waals surface area contributed by atoms with Gasteiger partial charge in [-0.1, -0.05) is 6.10 Å². The van der Waals surface area contributed by atoms with Gasteiger partial charge in [-0.3, -0.25) is 0 Å². The van der Waals surface area contributed by atoms with E-state index >= 15 is 0 Å². The van der Waals surface area contributed by atoms with Crippen LogP contribution in [0.2, 0.25) is 0 Å². The Balaban J connectivity index is 2.59. The monoisotopic (exact) mass is 295 g/mol. The van der Waals surface area contributed by atoms with Crippen molar-refractivity contribution >= 4 is 0 Å². The average Bonchev–Trinajstić information content (AvgIpc) is 2.70. The van der Waals surface area contributed by atoms with Gasteiger partial charge >= 0.3 is 0 Å². The van der Waals surface area contributed by atoms with Crippen LogP contribution in [0.5, 0.6) is 0 Å². The second kappa shape index (κ2) is 7.62. The lowest BCUT2D eigenvalue weighted by atomic mass is 9.87. The first kappa shape index (κ1) is 17.7. The van der Waals surface area contributed by atoms with Gasteiger partial charge in [-0.25, -0.2) is 0 Å². The van der Waals surface area contributed by atoms with E-state index in [-0.39, 0.29) is 19.4 Å². The molecule has 8 atom stereocenters. The van der Waals surface area contributed by atoms with Crippen molar-refractivity contribution in [2.45, 2.75) is 49.5 Å². The van der Waals surface area contributed by atoms with Gasteiger partial charge in [0.15, 0.2) is 0 Å². The summed E-state index contributed by atoms with van der Waals surface area (Å²) in [6, 6.07) is 0. The molecule has 0 unspecified atom stereocenters. The van der Waals surface area contributed by atoms with Crippen molar-refractivity contribution in [2.24, 2.45) is 11.8 Å². The van der Waals surface area contributed by atoms with E-state index in [1.807, 2.05) is 0 Å². The smallest absolute Gasteiger partial charge is 0.102 e. The van der Waals surface area contributed by atoms with Gasteiger partial charge < -0.3 is 40.9 Å². The van der Waals surface area contributed by atoms with Crippen molar-refractivity contribution in [3.8, 4) is 0 Å². The van der Waals surface area contributed by atoms with Crippen molar-refractivity contribution in [1.29, 1.82) is 0 Å². The number of hydrogen-bond donors (Lipinski definition) is 7. The first-order valence-electron chi connectivity index (χ1n) is 6.61. The Morgan fingerprint density at radius 3 is 2.15 bits per heavy atom. The Morgan fingerprint density at radius 1 is 1.05 bits per heavy atom. The summed E-state index contributed by atoms with van der Waals surface area (Å²) >= 11 is 0. The van der Waals surface area contributed by atoms with Crippen molar-refractivity contribution in [3.63, 3.8) is 0 Å². The molecule has 8 nitrogen and oxygen atoms in total. The molecule has 1 aliphatic rings. The van der Waals surface area contributed by atoms with E-state index in [9.17, 15) is 25.5 Å². The number of aliphatic hydroxyl groups excluding tert-OH is 7. The van der Waals surface area contributed by atoms with E-state index in [4.69, 9.17) is 15.3 Å². The molecule has 0 radical (unpaired) electrons. The van der Waals surface area contributed by atoms with Crippen LogP contribution < -0.4 is 5.11 Å². The Hall–Kier alpha value is -0.320. The van der Waals surface area contributed by atoms with Crippen LogP contribution in [0.3, 0.4) is 0 Å². The minimum Gasteiger partial charge on any atom is -0.848 e. The summed E-state index contributed by atoms with van der Waals surface area (Å²) in [5, 5.41) is 77.0. The van der Waals surface area contributed by atoms with Crippen molar-refractivity contribution < 1.29 is 40.9 Å². The largest absolute Gasteiger partial charge is 0.848 e. The maximum absolute atomic E-state index is 11.7. The second-order valence-corrected chi connectivity index (χ2v) is 5.41. The Kier molecular flexibility index (Phi) is 6.76. The molecule has 0 aromatic rings. The normalized spacial score (nSPS) is 36.6. The fraction of sp³-hybridized carbons (Fsp3) is 1.00. The molecule has 1 rings (SSSR count). The van der Waals surface area contributed by atoms with E-state index in [1.165, 1.54) is 0 Å². The van der Waals surface area contributed by atoms with Crippen LogP contribution >= 0.6 is 0 Å². The van der Waals surface area contributed by atoms with Crippen molar-refractivity contribution in [2.75, 3.05) is 13.2 Å². The molecule has 0 saturated heterocycles. The molecule has 0 spiro atoms. The van der Waals surface area contributed by atoms with E-state index < -0.39 is 55.1 Å². The van der Waals surface area contributed by atoms with Crippen molar-refractivity contribution in [3.05, 3.63) is 0 Å². The molecule has 7 N–H and O–H groups in total. The zero-order chi connectivity index (χ0) is 15.4. The molecule has 120 valence electrons.